The third-order valence-electron chi connectivity index (χ3n) is 2.17. The fourth-order valence-electron chi connectivity index (χ4n) is 1.18. The summed E-state index contributed by atoms with van der Waals surface area (Å²) in [6.45, 7) is 4.13. The van der Waals surface area contributed by atoms with Crippen molar-refractivity contribution in [3.8, 4) is 0 Å². The fourth-order valence-corrected chi connectivity index (χ4v) is 1.40. The number of amides is 1. The van der Waals surface area contributed by atoms with Gasteiger partial charge < -0.3 is 11.1 Å². The molecule has 1 aromatic rings. The molecule has 3 N–H and O–H groups in total. The van der Waals surface area contributed by atoms with Gasteiger partial charge in [0.05, 0.1) is 10.6 Å². The van der Waals surface area contributed by atoms with Crippen molar-refractivity contribution in [3.63, 3.8) is 0 Å². The van der Waals surface area contributed by atoms with Crippen LogP contribution in [0.5, 0.6) is 0 Å². The van der Waals surface area contributed by atoms with Crippen LogP contribution in [-0.2, 0) is 0 Å². The van der Waals surface area contributed by atoms with Gasteiger partial charge in [-0.1, -0.05) is 23.7 Å². The summed E-state index contributed by atoms with van der Waals surface area (Å²) in [4.78, 5) is 11.7. The van der Waals surface area contributed by atoms with Crippen molar-refractivity contribution in [2.24, 2.45) is 5.73 Å². The van der Waals surface area contributed by atoms with E-state index in [1.807, 2.05) is 26.0 Å². The van der Waals surface area contributed by atoms with Gasteiger partial charge in [-0.3, -0.25) is 4.79 Å². The van der Waals surface area contributed by atoms with Crippen LogP contribution in [0.1, 0.15) is 22.8 Å². The molecule has 0 spiro atoms. The predicted molar refractivity (Wildman–Crippen MR) is 69.4 cm³/mol. The normalized spacial score (nSPS) is 11.5. The second-order valence-corrected chi connectivity index (χ2v) is 3.92. The molecule has 0 bridgehead atoms. The Balaban J connectivity index is 0.00000225. The van der Waals surface area contributed by atoms with E-state index in [2.05, 4.69) is 5.32 Å². The highest BCUT2D eigenvalue weighted by Gasteiger charge is 2.12. The average molecular weight is 263 g/mol. The lowest BCUT2D eigenvalue weighted by Gasteiger charge is -2.12. The van der Waals surface area contributed by atoms with Gasteiger partial charge in [0.1, 0.15) is 0 Å². The molecule has 5 heteroatoms. The summed E-state index contributed by atoms with van der Waals surface area (Å²) >= 11 is 6.02. The Labute approximate surface area is 107 Å². The van der Waals surface area contributed by atoms with Gasteiger partial charge in [-0.15, -0.1) is 12.4 Å². The molecule has 0 radical (unpaired) electrons. The topological polar surface area (TPSA) is 55.1 Å². The summed E-state index contributed by atoms with van der Waals surface area (Å²) in [6.07, 6.45) is 0. The van der Waals surface area contributed by atoms with Crippen molar-refractivity contribution in [2.75, 3.05) is 6.54 Å². The van der Waals surface area contributed by atoms with E-state index < -0.39 is 0 Å². The lowest BCUT2D eigenvalue weighted by Crippen LogP contribution is -2.37. The number of nitrogens with two attached hydrogens (primary N) is 1. The Bertz CT molecular complexity index is 369. The predicted octanol–water partition coefficient (Wildman–Crippen LogP) is 2.15. The Kier molecular flexibility index (Phi) is 6.41. The highest BCUT2D eigenvalue weighted by Crippen LogP contribution is 2.19. The van der Waals surface area contributed by atoms with Crippen molar-refractivity contribution in [2.45, 2.75) is 19.9 Å². The Hall–Kier alpha value is -0.770. The third-order valence-corrected chi connectivity index (χ3v) is 2.67. The first-order valence-corrected chi connectivity index (χ1v) is 5.20. The number of carbonyl (C=O) groups excluding carboxylic acids is 1. The molecule has 16 heavy (non-hydrogen) atoms. The Morgan fingerprint density at radius 1 is 1.56 bits per heavy atom. The second kappa shape index (κ2) is 6.74. The van der Waals surface area contributed by atoms with E-state index in [4.69, 9.17) is 17.3 Å². The zero-order chi connectivity index (χ0) is 11.4. The molecule has 0 heterocycles. The largest absolute Gasteiger partial charge is 0.348 e. The van der Waals surface area contributed by atoms with Crippen LogP contribution in [0.3, 0.4) is 0 Å². The zero-order valence-corrected chi connectivity index (χ0v) is 10.9. The minimum Gasteiger partial charge on any atom is -0.348 e. The van der Waals surface area contributed by atoms with Crippen LogP contribution in [-0.4, -0.2) is 18.5 Å². The van der Waals surface area contributed by atoms with Crippen molar-refractivity contribution in [1.82, 2.24) is 5.32 Å². The van der Waals surface area contributed by atoms with Gasteiger partial charge in [-0.2, -0.15) is 0 Å². The lowest BCUT2D eigenvalue weighted by molar-refractivity contribution is 0.0941. The fraction of sp³-hybridized carbons (Fsp3) is 0.364. The van der Waals surface area contributed by atoms with E-state index in [9.17, 15) is 4.79 Å². The standard InChI is InChI=1S/C11H15ClN2O.ClH/c1-7-4-3-5-9(10(7)12)11(15)14-8(2)6-13;/h3-5,8H,6,13H2,1-2H3,(H,14,15);1H/t8-;/m1./s1. The van der Waals surface area contributed by atoms with Gasteiger partial charge in [0.25, 0.3) is 5.91 Å². The molecule has 0 unspecified atom stereocenters. The Morgan fingerprint density at radius 2 is 2.19 bits per heavy atom. The van der Waals surface area contributed by atoms with Crippen molar-refractivity contribution in [1.29, 1.82) is 0 Å². The molecule has 1 amide bonds. The minimum absolute atomic E-state index is 0. The van der Waals surface area contributed by atoms with Gasteiger partial charge in [-0.25, -0.2) is 0 Å². The van der Waals surface area contributed by atoms with E-state index in [-0.39, 0.29) is 24.4 Å². The molecular formula is C11H16Cl2N2O. The van der Waals surface area contributed by atoms with E-state index in [1.54, 1.807) is 6.07 Å². The number of benzene rings is 1. The zero-order valence-electron chi connectivity index (χ0n) is 9.29. The van der Waals surface area contributed by atoms with Crippen LogP contribution in [0, 0.1) is 6.92 Å². The van der Waals surface area contributed by atoms with E-state index >= 15 is 0 Å². The van der Waals surface area contributed by atoms with Gasteiger partial charge in [0.2, 0.25) is 0 Å². The molecule has 90 valence electrons. The number of carbonyl (C=O) groups is 1. The van der Waals surface area contributed by atoms with Crippen LogP contribution in [0.4, 0.5) is 0 Å². The minimum atomic E-state index is -0.179. The third kappa shape index (κ3) is 3.67. The summed E-state index contributed by atoms with van der Waals surface area (Å²) in [7, 11) is 0. The highest BCUT2D eigenvalue weighted by molar-refractivity contribution is 6.34. The molecule has 0 aliphatic heterocycles. The summed E-state index contributed by atoms with van der Waals surface area (Å²) in [5, 5.41) is 3.26. The van der Waals surface area contributed by atoms with Gasteiger partial charge in [0, 0.05) is 12.6 Å². The maximum Gasteiger partial charge on any atom is 0.253 e. The number of halogens is 2. The summed E-state index contributed by atoms with van der Waals surface area (Å²) < 4.78 is 0. The molecule has 0 aliphatic carbocycles. The van der Waals surface area contributed by atoms with Crippen molar-refractivity contribution >= 4 is 29.9 Å². The van der Waals surface area contributed by atoms with E-state index in [0.717, 1.165) is 5.56 Å². The maximum atomic E-state index is 11.7. The van der Waals surface area contributed by atoms with Crippen molar-refractivity contribution in [3.05, 3.63) is 34.3 Å². The number of nitrogens with one attached hydrogen (secondary N) is 1. The van der Waals surface area contributed by atoms with E-state index in [0.29, 0.717) is 17.1 Å². The Morgan fingerprint density at radius 3 is 2.75 bits per heavy atom. The molecule has 1 rings (SSSR count). The quantitative estimate of drug-likeness (QED) is 0.877. The molecule has 0 fully saturated rings. The van der Waals surface area contributed by atoms with Crippen LogP contribution < -0.4 is 11.1 Å². The summed E-state index contributed by atoms with van der Waals surface area (Å²) in [5.41, 5.74) is 6.81. The molecular weight excluding hydrogens is 247 g/mol. The van der Waals surface area contributed by atoms with Crippen LogP contribution >= 0.6 is 24.0 Å². The van der Waals surface area contributed by atoms with Crippen LogP contribution in [0.2, 0.25) is 5.02 Å². The number of aryl methyl sites for hydroxylation is 1. The van der Waals surface area contributed by atoms with E-state index in [1.165, 1.54) is 0 Å². The smallest absolute Gasteiger partial charge is 0.253 e. The first-order chi connectivity index (χ1) is 7.06. The monoisotopic (exact) mass is 262 g/mol. The van der Waals surface area contributed by atoms with Gasteiger partial charge >= 0.3 is 0 Å². The molecule has 1 atom stereocenters. The number of hydrogen-bond donors (Lipinski definition) is 2. The lowest BCUT2D eigenvalue weighted by atomic mass is 10.1. The maximum absolute atomic E-state index is 11.7. The van der Waals surface area contributed by atoms with Crippen molar-refractivity contribution < 1.29 is 4.79 Å². The van der Waals surface area contributed by atoms with Crippen LogP contribution in [0.25, 0.3) is 0 Å². The number of rotatable bonds is 3. The molecule has 0 aromatic heterocycles. The first-order valence-electron chi connectivity index (χ1n) is 4.82. The number of hydrogen-bond acceptors (Lipinski definition) is 2. The average Bonchev–Trinajstić information content (AvgIpc) is 2.21. The molecule has 0 saturated heterocycles. The molecule has 1 aromatic carbocycles. The van der Waals surface area contributed by atoms with Gasteiger partial charge in [-0.05, 0) is 25.5 Å². The summed E-state index contributed by atoms with van der Waals surface area (Å²) in [5.74, 6) is -0.179. The summed E-state index contributed by atoms with van der Waals surface area (Å²) in [6, 6.07) is 5.33. The highest BCUT2D eigenvalue weighted by atomic mass is 35.5. The van der Waals surface area contributed by atoms with Gasteiger partial charge in [0.15, 0.2) is 0 Å². The molecule has 3 nitrogen and oxygen atoms in total. The molecule has 0 aliphatic rings. The second-order valence-electron chi connectivity index (χ2n) is 3.55. The first kappa shape index (κ1) is 15.2. The molecule has 0 saturated carbocycles. The SMILES string of the molecule is Cc1cccc(C(=O)N[C@H](C)CN)c1Cl.Cl. The van der Waals surface area contributed by atoms with Crippen LogP contribution in [0.15, 0.2) is 18.2 Å².